The van der Waals surface area contributed by atoms with Gasteiger partial charge in [-0.2, -0.15) is 0 Å². The van der Waals surface area contributed by atoms with E-state index in [0.717, 1.165) is 6.54 Å². The SMILES string of the molecule is CN1CCCC1Cn1ccc2ccc(-c3cccs3)cc21. The maximum Gasteiger partial charge on any atom is 0.0487 e. The number of likely N-dealkylation sites (tertiary alicyclic amines) is 1. The zero-order valence-electron chi connectivity index (χ0n) is 12.3. The average molecular weight is 296 g/mol. The van der Waals surface area contributed by atoms with Gasteiger partial charge in [0.1, 0.15) is 0 Å². The van der Waals surface area contributed by atoms with Gasteiger partial charge in [0.25, 0.3) is 0 Å². The molecule has 0 aliphatic carbocycles. The molecule has 1 aromatic carbocycles. The van der Waals surface area contributed by atoms with Gasteiger partial charge in [0.05, 0.1) is 0 Å². The van der Waals surface area contributed by atoms with Gasteiger partial charge in [-0.1, -0.05) is 18.2 Å². The largest absolute Gasteiger partial charge is 0.346 e. The zero-order chi connectivity index (χ0) is 14.2. The lowest BCUT2D eigenvalue weighted by Crippen LogP contribution is -2.28. The number of aromatic nitrogens is 1. The Kier molecular flexibility index (Phi) is 3.32. The quantitative estimate of drug-likeness (QED) is 0.692. The second kappa shape index (κ2) is 5.32. The fraction of sp³-hybridized carbons (Fsp3) is 0.333. The predicted molar refractivity (Wildman–Crippen MR) is 90.9 cm³/mol. The first-order valence-corrected chi connectivity index (χ1v) is 8.52. The minimum absolute atomic E-state index is 0.686. The van der Waals surface area contributed by atoms with Crippen molar-refractivity contribution in [2.45, 2.75) is 25.4 Å². The molecule has 0 amide bonds. The van der Waals surface area contributed by atoms with Gasteiger partial charge in [-0.15, -0.1) is 11.3 Å². The Labute approximate surface area is 129 Å². The first-order chi connectivity index (χ1) is 10.3. The van der Waals surface area contributed by atoms with E-state index in [1.54, 1.807) is 0 Å². The van der Waals surface area contributed by atoms with Crippen LogP contribution in [-0.2, 0) is 6.54 Å². The summed E-state index contributed by atoms with van der Waals surface area (Å²) in [4.78, 5) is 3.84. The van der Waals surface area contributed by atoms with E-state index in [1.807, 2.05) is 11.3 Å². The second-order valence-electron chi connectivity index (χ2n) is 6.00. The smallest absolute Gasteiger partial charge is 0.0487 e. The van der Waals surface area contributed by atoms with Gasteiger partial charge < -0.3 is 9.47 Å². The van der Waals surface area contributed by atoms with Crippen LogP contribution in [-0.4, -0.2) is 29.1 Å². The van der Waals surface area contributed by atoms with Crippen molar-refractivity contribution in [3.63, 3.8) is 0 Å². The van der Waals surface area contributed by atoms with E-state index in [4.69, 9.17) is 0 Å². The Morgan fingerprint density at radius 2 is 2.19 bits per heavy atom. The lowest BCUT2D eigenvalue weighted by molar-refractivity contribution is 0.284. The van der Waals surface area contributed by atoms with E-state index in [0.29, 0.717) is 6.04 Å². The van der Waals surface area contributed by atoms with Crippen molar-refractivity contribution in [1.82, 2.24) is 9.47 Å². The third-order valence-corrected chi connectivity index (χ3v) is 5.58. The van der Waals surface area contributed by atoms with Crippen LogP contribution in [0.5, 0.6) is 0 Å². The maximum absolute atomic E-state index is 2.49. The number of benzene rings is 1. The van der Waals surface area contributed by atoms with Crippen LogP contribution in [0, 0.1) is 0 Å². The first-order valence-electron chi connectivity index (χ1n) is 7.64. The number of fused-ring (bicyclic) bond motifs is 1. The molecule has 1 saturated heterocycles. The Bertz CT molecular complexity index is 742. The van der Waals surface area contributed by atoms with Crippen molar-refractivity contribution in [3.05, 3.63) is 48.0 Å². The predicted octanol–water partition coefficient (Wildman–Crippen LogP) is 4.46. The Hall–Kier alpha value is -1.58. The maximum atomic E-state index is 2.49. The van der Waals surface area contributed by atoms with Crippen molar-refractivity contribution in [2.75, 3.05) is 13.6 Å². The Morgan fingerprint density at radius 3 is 2.95 bits per heavy atom. The standard InChI is InChI=1S/C18H20N2S/c1-19-9-2-4-16(19)13-20-10-8-14-6-7-15(12-17(14)20)18-5-3-11-21-18/h3,5-8,10-12,16H,2,4,9,13H2,1H3. The molecule has 0 N–H and O–H groups in total. The fourth-order valence-corrected chi connectivity index (χ4v) is 4.10. The Morgan fingerprint density at radius 1 is 1.24 bits per heavy atom. The zero-order valence-corrected chi connectivity index (χ0v) is 13.1. The summed E-state index contributed by atoms with van der Waals surface area (Å²) in [6.07, 6.45) is 4.90. The highest BCUT2D eigenvalue weighted by atomic mass is 32.1. The molecule has 1 aliphatic rings. The van der Waals surface area contributed by atoms with Crippen LogP contribution in [0.15, 0.2) is 48.0 Å². The summed E-state index contributed by atoms with van der Waals surface area (Å²) in [7, 11) is 2.25. The number of hydrogen-bond donors (Lipinski definition) is 0. The number of thiophene rings is 1. The van der Waals surface area contributed by atoms with Crippen molar-refractivity contribution in [1.29, 1.82) is 0 Å². The molecule has 0 radical (unpaired) electrons. The molecule has 0 spiro atoms. The van der Waals surface area contributed by atoms with E-state index in [2.05, 4.69) is 64.5 Å². The number of rotatable bonds is 3. The second-order valence-corrected chi connectivity index (χ2v) is 6.94. The van der Waals surface area contributed by atoms with E-state index in [-0.39, 0.29) is 0 Å². The molecule has 2 nitrogen and oxygen atoms in total. The van der Waals surface area contributed by atoms with Crippen molar-refractivity contribution >= 4 is 22.2 Å². The highest BCUT2D eigenvalue weighted by Crippen LogP contribution is 2.29. The summed E-state index contributed by atoms with van der Waals surface area (Å²) in [6.45, 7) is 2.35. The van der Waals surface area contributed by atoms with Crippen molar-refractivity contribution < 1.29 is 0 Å². The number of likely N-dealkylation sites (N-methyl/N-ethyl adjacent to an activating group) is 1. The molecule has 4 rings (SSSR count). The number of nitrogens with zero attached hydrogens (tertiary/aromatic N) is 2. The van der Waals surface area contributed by atoms with Crippen LogP contribution in [0.2, 0.25) is 0 Å². The van der Waals surface area contributed by atoms with E-state index in [1.165, 1.54) is 40.7 Å². The minimum Gasteiger partial charge on any atom is -0.346 e. The highest BCUT2D eigenvalue weighted by Gasteiger charge is 2.21. The summed E-state index contributed by atoms with van der Waals surface area (Å²) in [5.74, 6) is 0. The fourth-order valence-electron chi connectivity index (χ4n) is 3.38. The van der Waals surface area contributed by atoms with Gasteiger partial charge >= 0.3 is 0 Å². The molecule has 2 aromatic heterocycles. The van der Waals surface area contributed by atoms with Crippen LogP contribution in [0.3, 0.4) is 0 Å². The van der Waals surface area contributed by atoms with E-state index in [9.17, 15) is 0 Å². The van der Waals surface area contributed by atoms with Crippen molar-refractivity contribution in [3.8, 4) is 10.4 Å². The number of hydrogen-bond acceptors (Lipinski definition) is 2. The highest BCUT2D eigenvalue weighted by molar-refractivity contribution is 7.13. The summed E-state index contributed by atoms with van der Waals surface area (Å²) < 4.78 is 2.43. The third-order valence-electron chi connectivity index (χ3n) is 4.66. The molecule has 3 heteroatoms. The van der Waals surface area contributed by atoms with Gasteiger partial charge in [-0.25, -0.2) is 0 Å². The van der Waals surface area contributed by atoms with Gasteiger partial charge in [0.15, 0.2) is 0 Å². The van der Waals surface area contributed by atoms with E-state index < -0.39 is 0 Å². The molecule has 1 fully saturated rings. The average Bonchev–Trinajstić information content (AvgIpc) is 3.22. The minimum atomic E-state index is 0.686. The summed E-state index contributed by atoms with van der Waals surface area (Å²) in [5.41, 5.74) is 2.69. The van der Waals surface area contributed by atoms with Gasteiger partial charge in [0, 0.05) is 29.2 Å². The van der Waals surface area contributed by atoms with Gasteiger partial charge in [-0.05, 0) is 61.0 Å². The lowest BCUT2D eigenvalue weighted by Gasteiger charge is -2.20. The topological polar surface area (TPSA) is 8.17 Å². The molecule has 108 valence electrons. The molecular weight excluding hydrogens is 276 g/mol. The monoisotopic (exact) mass is 296 g/mol. The molecule has 1 aliphatic heterocycles. The normalized spacial score (nSPS) is 19.6. The molecule has 1 atom stereocenters. The van der Waals surface area contributed by atoms with Crippen LogP contribution in [0.25, 0.3) is 21.3 Å². The molecule has 0 bridgehead atoms. The van der Waals surface area contributed by atoms with Crippen LogP contribution in [0.4, 0.5) is 0 Å². The summed E-state index contributed by atoms with van der Waals surface area (Å²) in [6, 6.07) is 14.1. The van der Waals surface area contributed by atoms with Gasteiger partial charge in [-0.3, -0.25) is 0 Å². The molecule has 3 heterocycles. The lowest BCUT2D eigenvalue weighted by atomic mass is 10.1. The molecule has 21 heavy (non-hydrogen) atoms. The third kappa shape index (κ3) is 2.41. The van der Waals surface area contributed by atoms with Crippen molar-refractivity contribution in [2.24, 2.45) is 0 Å². The molecule has 1 unspecified atom stereocenters. The first kappa shape index (κ1) is 13.1. The van der Waals surface area contributed by atoms with E-state index >= 15 is 0 Å². The summed E-state index contributed by atoms with van der Waals surface area (Å²) >= 11 is 1.81. The Balaban J connectivity index is 1.70. The van der Waals surface area contributed by atoms with Crippen LogP contribution in [0.1, 0.15) is 12.8 Å². The molecule has 0 saturated carbocycles. The summed E-state index contributed by atoms with van der Waals surface area (Å²) in [5, 5.41) is 3.49. The molecular formula is C18H20N2S. The van der Waals surface area contributed by atoms with Crippen LogP contribution < -0.4 is 0 Å². The van der Waals surface area contributed by atoms with Gasteiger partial charge in [0.2, 0.25) is 0 Å². The molecule has 3 aromatic rings. The van der Waals surface area contributed by atoms with Crippen LogP contribution >= 0.6 is 11.3 Å².